The molecule has 0 aliphatic carbocycles. The predicted octanol–water partition coefficient (Wildman–Crippen LogP) is 19.7. The summed E-state index contributed by atoms with van der Waals surface area (Å²) in [6, 6.07) is 0. The smallest absolute Gasteiger partial charge is 0.462 e. The van der Waals surface area contributed by atoms with Crippen LogP contribution in [-0.2, 0) is 65.4 Å². The van der Waals surface area contributed by atoms with Gasteiger partial charge in [-0.2, -0.15) is 0 Å². The second-order valence-electron chi connectivity index (χ2n) is 26.7. The van der Waals surface area contributed by atoms with Crippen LogP contribution in [0, 0.1) is 23.7 Å². The van der Waals surface area contributed by atoms with E-state index in [0.717, 1.165) is 120 Å². The van der Waals surface area contributed by atoms with E-state index in [-0.39, 0.29) is 25.7 Å². The van der Waals surface area contributed by atoms with Crippen LogP contribution in [0.15, 0.2) is 0 Å². The first-order valence-electron chi connectivity index (χ1n) is 36.3. The lowest BCUT2D eigenvalue weighted by atomic mass is 10.00. The van der Waals surface area contributed by atoms with Crippen LogP contribution in [0.1, 0.15) is 344 Å². The zero-order valence-corrected chi connectivity index (χ0v) is 59.8. The number of carbonyl (C=O) groups excluding carboxylic acids is 4. The number of esters is 4. The Balaban J connectivity index is 5.26. The molecule has 0 heterocycles. The largest absolute Gasteiger partial charge is 0.472 e. The van der Waals surface area contributed by atoms with Crippen LogP contribution in [0.25, 0.3) is 0 Å². The molecular formula is C70H136O17P2. The van der Waals surface area contributed by atoms with Gasteiger partial charge in [0, 0.05) is 25.7 Å². The molecule has 0 rings (SSSR count). The van der Waals surface area contributed by atoms with E-state index in [9.17, 15) is 43.2 Å². The van der Waals surface area contributed by atoms with Crippen molar-refractivity contribution in [2.75, 3.05) is 39.6 Å². The second kappa shape index (κ2) is 59.8. The fraction of sp³-hybridized carbons (Fsp3) is 0.943. The number of ether oxygens (including phenoxy) is 4. The van der Waals surface area contributed by atoms with E-state index < -0.39 is 97.5 Å². The molecule has 19 heteroatoms. The Morgan fingerprint density at radius 2 is 0.539 bits per heavy atom. The van der Waals surface area contributed by atoms with Crippen LogP contribution in [0.5, 0.6) is 0 Å². The third-order valence-electron chi connectivity index (χ3n) is 16.8. The van der Waals surface area contributed by atoms with E-state index >= 15 is 0 Å². The van der Waals surface area contributed by atoms with E-state index in [4.69, 9.17) is 37.0 Å². The van der Waals surface area contributed by atoms with Crippen molar-refractivity contribution >= 4 is 39.5 Å². The number of hydrogen-bond donors (Lipinski definition) is 3. The van der Waals surface area contributed by atoms with Crippen LogP contribution in [0.4, 0.5) is 0 Å². The minimum atomic E-state index is -4.95. The van der Waals surface area contributed by atoms with Crippen LogP contribution >= 0.6 is 15.6 Å². The van der Waals surface area contributed by atoms with E-state index in [0.29, 0.717) is 25.7 Å². The first-order valence-corrected chi connectivity index (χ1v) is 39.3. The summed E-state index contributed by atoms with van der Waals surface area (Å²) in [5.41, 5.74) is 0. The van der Waals surface area contributed by atoms with Gasteiger partial charge in [-0.05, 0) is 49.4 Å². The highest BCUT2D eigenvalue weighted by molar-refractivity contribution is 7.47. The number of hydrogen-bond acceptors (Lipinski definition) is 15. The summed E-state index contributed by atoms with van der Waals surface area (Å²) < 4.78 is 68.3. The molecule has 3 N–H and O–H groups in total. The highest BCUT2D eigenvalue weighted by atomic mass is 31.2. The Morgan fingerprint density at radius 3 is 0.798 bits per heavy atom. The molecule has 0 amide bonds. The van der Waals surface area contributed by atoms with Gasteiger partial charge in [-0.25, -0.2) is 9.13 Å². The molecule has 0 aromatic heterocycles. The molecule has 0 aromatic rings. The van der Waals surface area contributed by atoms with Crippen molar-refractivity contribution in [1.82, 2.24) is 0 Å². The summed E-state index contributed by atoms with van der Waals surface area (Å²) >= 11 is 0. The molecule has 0 fully saturated rings. The first kappa shape index (κ1) is 87.1. The topological polar surface area (TPSA) is 237 Å². The van der Waals surface area contributed by atoms with Gasteiger partial charge >= 0.3 is 39.5 Å². The van der Waals surface area contributed by atoms with E-state index in [1.54, 1.807) is 0 Å². The summed E-state index contributed by atoms with van der Waals surface area (Å²) in [7, 11) is -9.90. The lowest BCUT2D eigenvalue weighted by Gasteiger charge is -2.21. The van der Waals surface area contributed by atoms with Gasteiger partial charge in [0.05, 0.1) is 26.4 Å². The average Bonchev–Trinajstić information content (AvgIpc) is 3.55. The van der Waals surface area contributed by atoms with Gasteiger partial charge in [-0.3, -0.25) is 37.3 Å². The zero-order chi connectivity index (χ0) is 66.1. The molecule has 0 aromatic carbocycles. The molecule has 528 valence electrons. The van der Waals surface area contributed by atoms with Crippen molar-refractivity contribution in [1.29, 1.82) is 0 Å². The molecule has 0 saturated heterocycles. The number of carbonyl (C=O) groups is 4. The highest BCUT2D eigenvalue weighted by Crippen LogP contribution is 2.45. The maximum Gasteiger partial charge on any atom is 0.472 e. The zero-order valence-electron chi connectivity index (χ0n) is 58.1. The number of unbranched alkanes of at least 4 members (excludes halogenated alkanes) is 31. The van der Waals surface area contributed by atoms with Crippen LogP contribution in [-0.4, -0.2) is 96.7 Å². The van der Waals surface area contributed by atoms with Crippen molar-refractivity contribution in [2.24, 2.45) is 23.7 Å². The fourth-order valence-corrected chi connectivity index (χ4v) is 12.0. The standard InChI is InChI=1S/C70H136O17P2/c1-9-62(7)48-40-32-26-28-35-43-51-68(73)81-57-66(87-70(75)53-45-37-29-27-33-41-49-63(8)10-2)59-85-89(78,79)83-55-64(71)54-82-88(76,77)84-58-65(56-80-67(72)50-42-34-24-20-17-13-15-19-23-31-39-47-61(5)6)86-69(74)52-44-36-25-21-16-12-11-14-18-22-30-38-46-60(3)4/h60-66,71H,9-59H2,1-8H3,(H,76,77)(H,78,79)/t62?,63?,64-,65-,66-/m1/s1. The maximum atomic E-state index is 13.0. The maximum absolute atomic E-state index is 13.0. The predicted molar refractivity (Wildman–Crippen MR) is 358 cm³/mol. The molecule has 0 radical (unpaired) electrons. The van der Waals surface area contributed by atoms with Crippen molar-refractivity contribution in [3.8, 4) is 0 Å². The number of phosphoric acid groups is 2. The average molecular weight is 1310 g/mol. The fourth-order valence-electron chi connectivity index (χ4n) is 10.4. The Kier molecular flexibility index (Phi) is 58.5. The molecule has 0 spiro atoms. The minimum absolute atomic E-state index is 0.102. The van der Waals surface area contributed by atoms with Gasteiger partial charge in [0.25, 0.3) is 0 Å². The summed E-state index contributed by atoms with van der Waals surface area (Å²) in [6.45, 7) is 14.1. The molecule has 0 saturated carbocycles. The third-order valence-corrected chi connectivity index (χ3v) is 18.7. The number of aliphatic hydroxyl groups excluding tert-OH is 1. The van der Waals surface area contributed by atoms with Gasteiger partial charge in [-0.15, -0.1) is 0 Å². The van der Waals surface area contributed by atoms with Crippen molar-refractivity contribution < 1.29 is 80.2 Å². The number of aliphatic hydroxyl groups is 1. The highest BCUT2D eigenvalue weighted by Gasteiger charge is 2.30. The number of rotatable bonds is 67. The minimum Gasteiger partial charge on any atom is -0.462 e. The quantitative estimate of drug-likeness (QED) is 0.0222. The normalized spacial score (nSPS) is 14.9. The lowest BCUT2D eigenvalue weighted by Crippen LogP contribution is -2.30. The molecule has 17 nitrogen and oxygen atoms in total. The molecule has 0 bridgehead atoms. The Morgan fingerprint density at radius 1 is 0.315 bits per heavy atom. The second-order valence-corrected chi connectivity index (χ2v) is 29.6. The summed E-state index contributed by atoms with van der Waals surface area (Å²) in [5, 5.41) is 10.6. The summed E-state index contributed by atoms with van der Waals surface area (Å²) in [4.78, 5) is 72.5. The van der Waals surface area contributed by atoms with Gasteiger partial charge in [0.15, 0.2) is 12.2 Å². The van der Waals surface area contributed by atoms with Crippen molar-refractivity contribution in [3.63, 3.8) is 0 Å². The molecule has 4 unspecified atom stereocenters. The third kappa shape index (κ3) is 62.0. The van der Waals surface area contributed by atoms with E-state index in [1.165, 1.54) is 141 Å². The summed E-state index contributed by atoms with van der Waals surface area (Å²) in [6.07, 6.45) is 41.7. The van der Waals surface area contributed by atoms with Gasteiger partial charge in [-0.1, -0.05) is 293 Å². The summed E-state index contributed by atoms with van der Waals surface area (Å²) in [5.74, 6) is 0.866. The van der Waals surface area contributed by atoms with E-state index in [2.05, 4.69) is 55.4 Å². The lowest BCUT2D eigenvalue weighted by molar-refractivity contribution is -0.161. The van der Waals surface area contributed by atoms with Crippen LogP contribution < -0.4 is 0 Å². The molecule has 89 heavy (non-hydrogen) atoms. The van der Waals surface area contributed by atoms with Crippen molar-refractivity contribution in [2.45, 2.75) is 363 Å². The van der Waals surface area contributed by atoms with Crippen LogP contribution in [0.3, 0.4) is 0 Å². The number of phosphoric ester groups is 2. The molecule has 0 aliphatic heterocycles. The van der Waals surface area contributed by atoms with Gasteiger partial charge in [0.1, 0.15) is 19.3 Å². The van der Waals surface area contributed by atoms with Crippen molar-refractivity contribution in [3.05, 3.63) is 0 Å². The molecule has 7 atom stereocenters. The SMILES string of the molecule is CCC(C)CCCCCCCCC(=O)OC[C@H](COP(=O)(O)OC[C@H](O)COP(=O)(O)OC[C@@H](COC(=O)CCCCCCCCCCCCCC(C)C)OC(=O)CCCCCCCCCCCCCCC(C)C)OC(=O)CCCCCCCCC(C)CC. The Hall–Kier alpha value is -1.94. The van der Waals surface area contributed by atoms with Gasteiger partial charge in [0.2, 0.25) is 0 Å². The first-order chi connectivity index (χ1) is 42.7. The molecule has 0 aliphatic rings. The van der Waals surface area contributed by atoms with E-state index in [1.807, 2.05) is 0 Å². The van der Waals surface area contributed by atoms with Gasteiger partial charge < -0.3 is 33.8 Å². The Bertz CT molecular complexity index is 1770. The Labute approximate surface area is 543 Å². The monoisotopic (exact) mass is 1310 g/mol. The molecular weight excluding hydrogens is 1170 g/mol. The van der Waals surface area contributed by atoms with Crippen LogP contribution in [0.2, 0.25) is 0 Å².